The number of ether oxygens (including phenoxy) is 3. The van der Waals surface area contributed by atoms with Crippen LogP contribution in [0.5, 0.6) is 11.5 Å². The summed E-state index contributed by atoms with van der Waals surface area (Å²) in [6.07, 6.45) is -7.69. The maximum atomic E-state index is 12.2. The monoisotopic (exact) mass is 526 g/mol. The molecule has 1 saturated heterocycles. The molecule has 0 saturated carbocycles. The first kappa shape index (κ1) is 25.4. The van der Waals surface area contributed by atoms with Crippen LogP contribution in [0, 0.1) is 0 Å². The maximum absolute atomic E-state index is 12.2. The highest BCUT2D eigenvalue weighted by molar-refractivity contribution is 6.05. The van der Waals surface area contributed by atoms with E-state index < -0.39 is 54.5 Å². The number of aliphatic hydroxyl groups is 3. The smallest absolute Gasteiger partial charge is 0.336 e. The average molecular weight is 526 g/mol. The lowest BCUT2D eigenvalue weighted by Gasteiger charge is -2.41. The van der Waals surface area contributed by atoms with Crippen LogP contribution in [0.3, 0.4) is 0 Å². The van der Waals surface area contributed by atoms with Crippen molar-refractivity contribution in [1.82, 2.24) is 0 Å². The lowest BCUT2D eigenvalue weighted by Crippen LogP contribution is -2.61. The van der Waals surface area contributed by atoms with Crippen LogP contribution < -0.4 is 16.0 Å². The third-order valence-electron chi connectivity index (χ3n) is 6.14. The highest BCUT2D eigenvalue weighted by Crippen LogP contribution is 2.45. The summed E-state index contributed by atoms with van der Waals surface area (Å²) in [4.78, 5) is 36.0. The lowest BCUT2D eigenvalue weighted by molar-refractivity contribution is -0.281. The van der Waals surface area contributed by atoms with Gasteiger partial charge in [0.2, 0.25) is 6.29 Å². The van der Waals surface area contributed by atoms with Gasteiger partial charge in [-0.05, 0) is 36.4 Å². The lowest BCUT2D eigenvalue weighted by atomic mass is 9.97. The van der Waals surface area contributed by atoms with E-state index in [0.717, 1.165) is 6.92 Å². The van der Waals surface area contributed by atoms with Crippen LogP contribution in [0.15, 0.2) is 67.0 Å². The zero-order valence-electron chi connectivity index (χ0n) is 19.8. The second kappa shape index (κ2) is 9.91. The van der Waals surface area contributed by atoms with Gasteiger partial charge in [-0.2, -0.15) is 0 Å². The van der Waals surface area contributed by atoms with Crippen LogP contribution in [0.2, 0.25) is 0 Å². The number of esters is 1. The minimum Gasteiger partial charge on any atom is -0.507 e. The van der Waals surface area contributed by atoms with Gasteiger partial charge in [0, 0.05) is 29.8 Å². The van der Waals surface area contributed by atoms with E-state index in [9.17, 15) is 34.8 Å². The summed E-state index contributed by atoms with van der Waals surface area (Å²) in [5.41, 5.74) is -1.56. The van der Waals surface area contributed by atoms with Crippen LogP contribution >= 0.6 is 0 Å². The summed E-state index contributed by atoms with van der Waals surface area (Å²) in [7, 11) is 0. The molecule has 38 heavy (non-hydrogen) atoms. The highest BCUT2D eigenvalue weighted by Gasteiger charge is 2.48. The minimum atomic E-state index is -1.69. The summed E-state index contributed by atoms with van der Waals surface area (Å²) in [6, 6.07) is 11.2. The molecule has 2 aromatic heterocycles. The van der Waals surface area contributed by atoms with Crippen molar-refractivity contribution in [1.29, 1.82) is 0 Å². The minimum absolute atomic E-state index is 0.0102. The molecule has 0 bridgehead atoms. The Hall–Kier alpha value is -4.23. The molecule has 5 rings (SSSR count). The molecule has 0 unspecified atom stereocenters. The zero-order valence-corrected chi connectivity index (χ0v) is 19.8. The standard InChI is InChI=1S/C26H22O12/c1-11(28)34-25-22(33)21(32)16(10-27)36-26(25)35-15-7-3-13-5-9-18(31)38-24(13)20(15)19-14(29)6-2-12-4-8-17(30)37-23(12)19/h2-9,16,21-22,25-27,29,32-33H,10H2,1H3/t16-,21-,22+,25-,26-/m1/s1. The van der Waals surface area contributed by atoms with Crippen molar-refractivity contribution in [3.05, 3.63) is 69.4 Å². The highest BCUT2D eigenvalue weighted by atomic mass is 16.7. The number of phenols is 1. The molecule has 4 N–H and O–H groups in total. The first-order valence-electron chi connectivity index (χ1n) is 11.5. The van der Waals surface area contributed by atoms with E-state index in [1.165, 1.54) is 48.5 Å². The van der Waals surface area contributed by atoms with Gasteiger partial charge in [-0.15, -0.1) is 0 Å². The topological polar surface area (TPSA) is 186 Å². The number of hydrogen-bond donors (Lipinski definition) is 4. The first-order chi connectivity index (χ1) is 18.2. The van der Waals surface area contributed by atoms with Crippen molar-refractivity contribution >= 4 is 27.9 Å². The van der Waals surface area contributed by atoms with Crippen LogP contribution in [0.1, 0.15) is 6.92 Å². The Labute approximate surface area is 212 Å². The van der Waals surface area contributed by atoms with E-state index in [0.29, 0.717) is 10.8 Å². The van der Waals surface area contributed by atoms with Gasteiger partial charge in [-0.1, -0.05) is 0 Å². The molecule has 12 nitrogen and oxygen atoms in total. The normalized spacial score (nSPS) is 23.4. The number of benzene rings is 2. The van der Waals surface area contributed by atoms with E-state index >= 15 is 0 Å². The molecule has 12 heteroatoms. The summed E-state index contributed by atoms with van der Waals surface area (Å²) in [5.74, 6) is -1.25. The average Bonchev–Trinajstić information content (AvgIpc) is 2.88. The molecule has 1 fully saturated rings. The van der Waals surface area contributed by atoms with Gasteiger partial charge < -0.3 is 43.5 Å². The fraction of sp³-hybridized carbons (Fsp3) is 0.269. The fourth-order valence-electron chi connectivity index (χ4n) is 4.41. The SMILES string of the molecule is CC(=O)O[C@H]1[C@H](Oc2ccc3ccc(=O)oc3c2-c2c(O)ccc3ccc(=O)oc23)O[C@H](CO)[C@@H](O)[C@@H]1O. The maximum Gasteiger partial charge on any atom is 0.336 e. The van der Waals surface area contributed by atoms with Gasteiger partial charge in [0.05, 0.1) is 17.7 Å². The zero-order chi connectivity index (χ0) is 27.1. The van der Waals surface area contributed by atoms with Crippen molar-refractivity contribution < 1.29 is 48.3 Å². The van der Waals surface area contributed by atoms with Gasteiger partial charge in [-0.3, -0.25) is 4.79 Å². The quantitative estimate of drug-likeness (QED) is 0.214. The third-order valence-corrected chi connectivity index (χ3v) is 6.14. The van der Waals surface area contributed by atoms with Crippen LogP contribution in [-0.2, 0) is 14.3 Å². The van der Waals surface area contributed by atoms with Crippen molar-refractivity contribution in [2.45, 2.75) is 37.6 Å². The molecule has 198 valence electrons. The molecule has 5 atom stereocenters. The number of aromatic hydroxyl groups is 1. The molecule has 2 aromatic carbocycles. The van der Waals surface area contributed by atoms with Crippen molar-refractivity contribution in [3.63, 3.8) is 0 Å². The van der Waals surface area contributed by atoms with Crippen molar-refractivity contribution in [2.24, 2.45) is 0 Å². The molecule has 0 spiro atoms. The van der Waals surface area contributed by atoms with Gasteiger partial charge in [0.25, 0.3) is 0 Å². The fourth-order valence-corrected chi connectivity index (χ4v) is 4.41. The van der Waals surface area contributed by atoms with Crippen molar-refractivity contribution in [3.8, 4) is 22.6 Å². The van der Waals surface area contributed by atoms with E-state index in [2.05, 4.69) is 0 Å². The number of fused-ring (bicyclic) bond motifs is 2. The molecule has 1 aliphatic rings. The molecule has 4 aromatic rings. The van der Waals surface area contributed by atoms with E-state index in [1.807, 2.05) is 0 Å². The third kappa shape index (κ3) is 4.50. The number of carbonyl (C=O) groups excluding carboxylic acids is 1. The van der Waals surface area contributed by atoms with E-state index in [-0.39, 0.29) is 33.8 Å². The van der Waals surface area contributed by atoms with Gasteiger partial charge in [0.15, 0.2) is 6.10 Å². The first-order valence-corrected chi connectivity index (χ1v) is 11.5. The molecule has 1 aliphatic heterocycles. The van der Waals surface area contributed by atoms with Crippen LogP contribution in [0.25, 0.3) is 33.1 Å². The largest absolute Gasteiger partial charge is 0.507 e. The summed E-state index contributed by atoms with van der Waals surface area (Å²) >= 11 is 0. The molecule has 0 aliphatic carbocycles. The van der Waals surface area contributed by atoms with Gasteiger partial charge >= 0.3 is 17.2 Å². The Morgan fingerprint density at radius 2 is 1.45 bits per heavy atom. The second-order valence-corrected chi connectivity index (χ2v) is 8.64. The Balaban J connectivity index is 1.75. The van der Waals surface area contributed by atoms with E-state index in [1.54, 1.807) is 0 Å². The molecular formula is C26H22O12. The summed E-state index contributed by atoms with van der Waals surface area (Å²) in [6.45, 7) is 0.389. The Kier molecular flexibility index (Phi) is 6.63. The summed E-state index contributed by atoms with van der Waals surface area (Å²) < 4.78 is 27.6. The second-order valence-electron chi connectivity index (χ2n) is 8.64. The number of hydrogen-bond acceptors (Lipinski definition) is 12. The van der Waals surface area contributed by atoms with E-state index in [4.69, 9.17) is 23.0 Å². The molecular weight excluding hydrogens is 504 g/mol. The summed E-state index contributed by atoms with van der Waals surface area (Å²) in [5, 5.41) is 42.3. The van der Waals surface area contributed by atoms with Gasteiger partial charge in [0.1, 0.15) is 41.0 Å². The number of aliphatic hydroxyl groups excluding tert-OH is 3. The number of phenolic OH excluding ortho intramolecular Hbond substituents is 1. The number of carbonyl (C=O) groups is 1. The predicted molar refractivity (Wildman–Crippen MR) is 130 cm³/mol. The molecule has 0 amide bonds. The van der Waals surface area contributed by atoms with Gasteiger partial charge in [-0.25, -0.2) is 9.59 Å². The van der Waals surface area contributed by atoms with Crippen molar-refractivity contribution in [2.75, 3.05) is 6.61 Å². The van der Waals surface area contributed by atoms with Crippen LogP contribution in [0.4, 0.5) is 0 Å². The number of rotatable bonds is 5. The van der Waals surface area contributed by atoms with Crippen LogP contribution in [-0.4, -0.2) is 63.7 Å². The molecule has 0 radical (unpaired) electrons. The Bertz CT molecular complexity index is 1640. The Morgan fingerprint density at radius 1 is 0.868 bits per heavy atom. The predicted octanol–water partition coefficient (Wildman–Crippen LogP) is 1.02. The molecule has 3 heterocycles. The Morgan fingerprint density at radius 3 is 2.05 bits per heavy atom.